The lowest BCUT2D eigenvalue weighted by Crippen LogP contribution is -2.50. The topological polar surface area (TPSA) is 110 Å². The number of nitrogens with one attached hydrogen (secondary N) is 1. The van der Waals surface area contributed by atoms with Gasteiger partial charge in [0.05, 0.1) is 22.9 Å². The molecule has 0 aromatic heterocycles. The normalized spacial score (nSPS) is 15.2. The van der Waals surface area contributed by atoms with Crippen LogP contribution in [-0.2, 0) is 27.7 Å². The Kier molecular flexibility index (Phi) is 7.97. The van der Waals surface area contributed by atoms with Gasteiger partial charge in [-0.25, -0.2) is 8.42 Å². The van der Waals surface area contributed by atoms with E-state index in [1.165, 1.54) is 35.7 Å². The van der Waals surface area contributed by atoms with Crippen LogP contribution < -0.4 is 9.62 Å². The molecular weight excluding hydrogens is 454 g/mol. The SMILES string of the molecule is CC[C@H](C(=O)N[C@H](CC)c1ccc2c(c1)CCCC2)N(c1cc([N+](=O)[O-])ccc1C)S(C)(=O)=O. The zero-order valence-electron chi connectivity index (χ0n) is 20.2. The first-order chi connectivity index (χ1) is 16.1. The van der Waals surface area contributed by atoms with E-state index in [0.717, 1.165) is 35.4 Å². The molecule has 0 spiro atoms. The van der Waals surface area contributed by atoms with Crippen LogP contribution in [0.5, 0.6) is 0 Å². The number of carbonyl (C=O) groups excluding carboxylic acids is 1. The van der Waals surface area contributed by atoms with E-state index in [0.29, 0.717) is 12.0 Å². The number of nitrogens with zero attached hydrogens (tertiary/aromatic N) is 2. The lowest BCUT2D eigenvalue weighted by atomic mass is 9.88. The molecule has 0 fully saturated rings. The van der Waals surface area contributed by atoms with Gasteiger partial charge in [0.1, 0.15) is 6.04 Å². The molecule has 184 valence electrons. The number of sulfonamides is 1. The third-order valence-electron chi connectivity index (χ3n) is 6.47. The molecular formula is C25H33N3O5S. The highest BCUT2D eigenvalue weighted by molar-refractivity contribution is 7.92. The summed E-state index contributed by atoms with van der Waals surface area (Å²) in [7, 11) is -3.91. The van der Waals surface area contributed by atoms with E-state index in [-0.39, 0.29) is 23.8 Å². The Balaban J connectivity index is 1.94. The minimum absolute atomic E-state index is 0.139. The second-order valence-corrected chi connectivity index (χ2v) is 10.8. The summed E-state index contributed by atoms with van der Waals surface area (Å²) >= 11 is 0. The van der Waals surface area contributed by atoms with Crippen molar-refractivity contribution in [2.45, 2.75) is 71.4 Å². The molecule has 0 bridgehead atoms. The fourth-order valence-electron chi connectivity index (χ4n) is 4.64. The molecule has 3 rings (SSSR count). The zero-order valence-corrected chi connectivity index (χ0v) is 21.0. The average Bonchev–Trinajstić information content (AvgIpc) is 2.80. The molecule has 0 heterocycles. The van der Waals surface area contributed by atoms with E-state index in [4.69, 9.17) is 0 Å². The zero-order chi connectivity index (χ0) is 25.0. The summed E-state index contributed by atoms with van der Waals surface area (Å²) in [4.78, 5) is 24.2. The van der Waals surface area contributed by atoms with Crippen molar-refractivity contribution in [3.8, 4) is 0 Å². The van der Waals surface area contributed by atoms with Crippen molar-refractivity contribution in [2.75, 3.05) is 10.6 Å². The fourth-order valence-corrected chi connectivity index (χ4v) is 5.90. The van der Waals surface area contributed by atoms with Crippen molar-refractivity contribution in [1.82, 2.24) is 5.32 Å². The van der Waals surface area contributed by atoms with Crippen LogP contribution in [-0.4, -0.2) is 31.5 Å². The first kappa shape index (κ1) is 25.7. The summed E-state index contributed by atoms with van der Waals surface area (Å²) < 4.78 is 26.7. The first-order valence-electron chi connectivity index (χ1n) is 11.7. The Morgan fingerprint density at radius 3 is 2.35 bits per heavy atom. The van der Waals surface area contributed by atoms with Crippen LogP contribution in [0, 0.1) is 17.0 Å². The molecule has 34 heavy (non-hydrogen) atoms. The quantitative estimate of drug-likeness (QED) is 0.411. The molecule has 2 atom stereocenters. The van der Waals surface area contributed by atoms with Crippen molar-refractivity contribution in [2.24, 2.45) is 0 Å². The monoisotopic (exact) mass is 487 g/mol. The summed E-state index contributed by atoms with van der Waals surface area (Å²) in [6.45, 7) is 5.38. The number of fused-ring (bicyclic) bond motifs is 1. The van der Waals surface area contributed by atoms with Crippen molar-refractivity contribution in [3.63, 3.8) is 0 Å². The molecule has 0 unspecified atom stereocenters. The van der Waals surface area contributed by atoms with E-state index in [1.54, 1.807) is 13.8 Å². The molecule has 2 aromatic rings. The largest absolute Gasteiger partial charge is 0.347 e. The highest BCUT2D eigenvalue weighted by atomic mass is 32.2. The predicted molar refractivity (Wildman–Crippen MR) is 133 cm³/mol. The lowest BCUT2D eigenvalue weighted by molar-refractivity contribution is -0.384. The van der Waals surface area contributed by atoms with Gasteiger partial charge in [0, 0.05) is 12.1 Å². The molecule has 8 nitrogen and oxygen atoms in total. The summed E-state index contributed by atoms with van der Waals surface area (Å²) in [5, 5.41) is 14.4. The molecule has 1 N–H and O–H groups in total. The van der Waals surface area contributed by atoms with Gasteiger partial charge in [0.2, 0.25) is 15.9 Å². The molecule has 0 saturated heterocycles. The van der Waals surface area contributed by atoms with Gasteiger partial charge in [0.15, 0.2) is 0 Å². The molecule has 0 aliphatic heterocycles. The van der Waals surface area contributed by atoms with E-state index < -0.39 is 26.9 Å². The Labute approximate surface area is 201 Å². The lowest BCUT2D eigenvalue weighted by Gasteiger charge is -2.32. The van der Waals surface area contributed by atoms with Gasteiger partial charge < -0.3 is 5.32 Å². The fraction of sp³-hybridized carbons (Fsp3) is 0.480. The smallest absolute Gasteiger partial charge is 0.271 e. The molecule has 0 saturated carbocycles. The highest BCUT2D eigenvalue weighted by Crippen LogP contribution is 2.31. The van der Waals surface area contributed by atoms with Crippen LogP contribution in [0.15, 0.2) is 36.4 Å². The maximum atomic E-state index is 13.4. The van der Waals surface area contributed by atoms with Crippen molar-refractivity contribution < 1.29 is 18.1 Å². The minimum atomic E-state index is -3.91. The van der Waals surface area contributed by atoms with E-state index in [1.807, 2.05) is 13.0 Å². The Morgan fingerprint density at radius 2 is 1.76 bits per heavy atom. The predicted octanol–water partition coefficient (Wildman–Crippen LogP) is 4.59. The summed E-state index contributed by atoms with van der Waals surface area (Å²) in [5.74, 6) is -0.427. The first-order valence-corrected chi connectivity index (χ1v) is 13.6. The molecule has 1 amide bonds. The molecule has 2 aromatic carbocycles. The number of rotatable bonds is 9. The van der Waals surface area contributed by atoms with Gasteiger partial charge in [-0.1, -0.05) is 38.1 Å². The number of non-ortho nitro benzene ring substituents is 1. The average molecular weight is 488 g/mol. The van der Waals surface area contributed by atoms with Gasteiger partial charge in [0.25, 0.3) is 5.69 Å². The number of carbonyl (C=O) groups is 1. The van der Waals surface area contributed by atoms with Gasteiger partial charge in [-0.3, -0.25) is 19.2 Å². The van der Waals surface area contributed by atoms with Crippen LogP contribution in [0.25, 0.3) is 0 Å². The molecule has 1 aliphatic carbocycles. The second kappa shape index (κ2) is 10.5. The number of aryl methyl sites for hydroxylation is 3. The van der Waals surface area contributed by atoms with Crippen molar-refractivity contribution in [3.05, 3.63) is 68.8 Å². The van der Waals surface area contributed by atoms with Crippen LogP contribution in [0.3, 0.4) is 0 Å². The Hall–Kier alpha value is -2.94. The van der Waals surface area contributed by atoms with Gasteiger partial charge >= 0.3 is 0 Å². The summed E-state index contributed by atoms with van der Waals surface area (Å²) in [5.41, 5.74) is 4.11. The third kappa shape index (κ3) is 5.58. The Morgan fingerprint density at radius 1 is 1.09 bits per heavy atom. The molecule has 0 radical (unpaired) electrons. The van der Waals surface area contributed by atoms with Crippen molar-refractivity contribution >= 4 is 27.3 Å². The van der Waals surface area contributed by atoms with Gasteiger partial charge in [-0.15, -0.1) is 0 Å². The maximum Gasteiger partial charge on any atom is 0.271 e. The van der Waals surface area contributed by atoms with E-state index >= 15 is 0 Å². The number of nitro benzene ring substituents is 1. The summed E-state index contributed by atoms with van der Waals surface area (Å²) in [6.07, 6.45) is 6.32. The highest BCUT2D eigenvalue weighted by Gasteiger charge is 2.34. The number of amides is 1. The third-order valence-corrected chi connectivity index (χ3v) is 7.64. The second-order valence-electron chi connectivity index (χ2n) is 8.92. The van der Waals surface area contributed by atoms with Crippen LogP contribution in [0.2, 0.25) is 0 Å². The van der Waals surface area contributed by atoms with E-state index in [2.05, 4.69) is 17.4 Å². The van der Waals surface area contributed by atoms with E-state index in [9.17, 15) is 23.3 Å². The van der Waals surface area contributed by atoms with Crippen LogP contribution in [0.1, 0.15) is 67.8 Å². The van der Waals surface area contributed by atoms with Crippen LogP contribution >= 0.6 is 0 Å². The number of nitro groups is 1. The van der Waals surface area contributed by atoms with Crippen molar-refractivity contribution in [1.29, 1.82) is 0 Å². The number of anilines is 1. The molecule has 9 heteroatoms. The number of benzene rings is 2. The standard InChI is InChI=1S/C25H33N3O5S/c1-5-22(20-13-12-18-9-7-8-10-19(18)15-20)26-25(29)23(6-2)27(34(4,32)33)24-16-21(28(30)31)14-11-17(24)3/h11-16,22-23H,5-10H2,1-4H3,(H,26,29)/t22-,23-/m1/s1. The number of hydrogen-bond donors (Lipinski definition) is 1. The maximum absolute atomic E-state index is 13.4. The number of hydrogen-bond acceptors (Lipinski definition) is 5. The van der Waals surface area contributed by atoms with Gasteiger partial charge in [-0.2, -0.15) is 0 Å². The van der Waals surface area contributed by atoms with Gasteiger partial charge in [-0.05, 0) is 67.7 Å². The van der Waals surface area contributed by atoms with Crippen LogP contribution in [0.4, 0.5) is 11.4 Å². The minimum Gasteiger partial charge on any atom is -0.347 e. The Bertz CT molecular complexity index is 1180. The summed E-state index contributed by atoms with van der Waals surface area (Å²) in [6, 6.07) is 9.06. The molecule has 1 aliphatic rings.